The van der Waals surface area contributed by atoms with Crippen LogP contribution in [0.3, 0.4) is 0 Å². The molecule has 1 aliphatic rings. The second kappa shape index (κ2) is 6.61. The number of anilines is 1. The lowest BCUT2D eigenvalue weighted by Gasteiger charge is -2.32. The van der Waals surface area contributed by atoms with Crippen LogP contribution < -0.4 is 10.2 Å². The van der Waals surface area contributed by atoms with Crippen molar-refractivity contribution in [2.75, 3.05) is 24.5 Å². The fourth-order valence-electron chi connectivity index (χ4n) is 3.42. The van der Waals surface area contributed by atoms with E-state index in [0.29, 0.717) is 16.0 Å². The van der Waals surface area contributed by atoms with Crippen molar-refractivity contribution < 1.29 is 4.21 Å². The molecule has 4 rings (SSSR count). The van der Waals surface area contributed by atoms with Crippen molar-refractivity contribution in [3.63, 3.8) is 0 Å². The molecule has 5 nitrogen and oxygen atoms in total. The molecule has 1 fully saturated rings. The van der Waals surface area contributed by atoms with Crippen LogP contribution >= 0.6 is 11.6 Å². The maximum atomic E-state index is 13.7. The van der Waals surface area contributed by atoms with Gasteiger partial charge in [-0.25, -0.2) is 4.21 Å². The summed E-state index contributed by atoms with van der Waals surface area (Å²) in [6.07, 6.45) is 3.69. The summed E-state index contributed by atoms with van der Waals surface area (Å²) in [6, 6.07) is 11.3. The lowest BCUT2D eigenvalue weighted by molar-refractivity contribution is 0.485. The van der Waals surface area contributed by atoms with Crippen molar-refractivity contribution in [3.8, 4) is 0 Å². The quantitative estimate of drug-likeness (QED) is 0.701. The van der Waals surface area contributed by atoms with Crippen molar-refractivity contribution in [3.05, 3.63) is 53.8 Å². The van der Waals surface area contributed by atoms with Gasteiger partial charge in [-0.15, -0.1) is 0 Å². The molecule has 1 aromatic carbocycles. The normalized spacial score (nSPS) is 20.2. The van der Waals surface area contributed by atoms with Crippen LogP contribution in [0.2, 0.25) is 5.02 Å². The van der Waals surface area contributed by atoms with Crippen molar-refractivity contribution in [2.45, 2.75) is 17.9 Å². The summed E-state index contributed by atoms with van der Waals surface area (Å²) in [6.45, 7) is 4.84. The number of fused-ring (bicyclic) bond motifs is 1. The van der Waals surface area contributed by atoms with E-state index in [1.54, 1.807) is 34.4 Å². The maximum absolute atomic E-state index is 13.7. The molecule has 7 heteroatoms. The largest absolute Gasteiger partial charge is 0.366 e. The van der Waals surface area contributed by atoms with Gasteiger partial charge in [0.1, 0.15) is 5.52 Å². The summed E-state index contributed by atoms with van der Waals surface area (Å²) < 4.78 is 15.4. The Balaban J connectivity index is 1.88. The second-order valence-electron chi connectivity index (χ2n) is 6.61. The van der Waals surface area contributed by atoms with Gasteiger partial charge >= 0.3 is 0 Å². The Bertz CT molecular complexity index is 1060. The summed E-state index contributed by atoms with van der Waals surface area (Å²) >= 11 is 6.11. The molecule has 0 spiro atoms. The van der Waals surface area contributed by atoms with Crippen LogP contribution in [0.1, 0.15) is 6.92 Å². The molecule has 136 valence electrons. The third-order valence-corrected chi connectivity index (χ3v) is 6.86. The highest BCUT2D eigenvalue weighted by Crippen LogP contribution is 2.31. The van der Waals surface area contributed by atoms with Crippen LogP contribution in [0.15, 0.2) is 53.7 Å². The standard InChI is InChI=1S/C19H21ClN4OS/c1-14-12-23(10-9-21-14)18-13-24(17-7-4-8-22-19(17)18)26(2,25)16-6-3-5-15(20)11-16/h3-8,11,13-14,21H,2,9-10,12H2,1H3/t14-,26?/m1/s1. The molecule has 3 heterocycles. The van der Waals surface area contributed by atoms with Crippen molar-refractivity contribution in [1.29, 1.82) is 0 Å². The van der Waals surface area contributed by atoms with Gasteiger partial charge in [-0.1, -0.05) is 17.7 Å². The fourth-order valence-corrected chi connectivity index (χ4v) is 5.24. The van der Waals surface area contributed by atoms with E-state index in [4.69, 9.17) is 11.6 Å². The molecule has 0 amide bonds. The molecule has 0 saturated carbocycles. The van der Waals surface area contributed by atoms with E-state index in [1.165, 1.54) is 0 Å². The highest BCUT2D eigenvalue weighted by molar-refractivity contribution is 7.99. The zero-order valence-electron chi connectivity index (χ0n) is 14.6. The van der Waals surface area contributed by atoms with Gasteiger partial charge in [-0.05, 0) is 43.1 Å². The van der Waals surface area contributed by atoms with Crippen LogP contribution in [0.25, 0.3) is 11.0 Å². The van der Waals surface area contributed by atoms with Gasteiger partial charge < -0.3 is 10.2 Å². The lowest BCUT2D eigenvalue weighted by atomic mass is 10.2. The Kier molecular flexibility index (Phi) is 4.42. The van der Waals surface area contributed by atoms with Gasteiger partial charge in [0.2, 0.25) is 0 Å². The Labute approximate surface area is 158 Å². The third-order valence-electron chi connectivity index (χ3n) is 4.70. The molecular formula is C19H21ClN4OS. The molecule has 0 radical (unpaired) electrons. The number of benzene rings is 1. The van der Waals surface area contributed by atoms with Crippen LogP contribution in [-0.2, 0) is 9.71 Å². The first-order valence-corrected chi connectivity index (χ1v) is 10.6. The van der Waals surface area contributed by atoms with Gasteiger partial charge in [-0.2, -0.15) is 0 Å². The zero-order chi connectivity index (χ0) is 18.3. The highest BCUT2D eigenvalue weighted by Gasteiger charge is 2.23. The average molecular weight is 389 g/mol. The highest BCUT2D eigenvalue weighted by atomic mass is 35.5. The van der Waals surface area contributed by atoms with E-state index in [-0.39, 0.29) is 0 Å². The number of hydrogen-bond acceptors (Lipinski definition) is 4. The first-order chi connectivity index (χ1) is 12.5. The minimum Gasteiger partial charge on any atom is -0.366 e. The van der Waals surface area contributed by atoms with Crippen LogP contribution in [0.4, 0.5) is 5.69 Å². The van der Waals surface area contributed by atoms with Gasteiger partial charge in [-0.3, -0.25) is 8.96 Å². The minimum atomic E-state index is -2.77. The fraction of sp³-hybridized carbons (Fsp3) is 0.263. The molecule has 1 saturated heterocycles. The molecule has 1 unspecified atom stereocenters. The van der Waals surface area contributed by atoms with Crippen LogP contribution in [0, 0.1) is 0 Å². The molecular weight excluding hydrogens is 368 g/mol. The van der Waals surface area contributed by atoms with Crippen molar-refractivity contribution >= 4 is 43.9 Å². The summed E-state index contributed by atoms with van der Waals surface area (Å²) in [4.78, 5) is 7.46. The Morgan fingerprint density at radius 3 is 2.96 bits per heavy atom. The monoisotopic (exact) mass is 388 g/mol. The number of aromatic nitrogens is 2. The number of rotatable bonds is 3. The van der Waals surface area contributed by atoms with Gasteiger partial charge in [0.15, 0.2) is 0 Å². The third kappa shape index (κ3) is 2.98. The van der Waals surface area contributed by atoms with E-state index in [9.17, 15) is 4.21 Å². The SMILES string of the molecule is C=S(=O)(c1cccc(Cl)c1)n1cc(N2CCN[C@H](C)C2)c2ncccc21. The van der Waals surface area contributed by atoms with E-state index >= 15 is 0 Å². The second-order valence-corrected chi connectivity index (χ2v) is 9.19. The van der Waals surface area contributed by atoms with Gasteiger partial charge in [0, 0.05) is 43.1 Å². The lowest BCUT2D eigenvalue weighted by Crippen LogP contribution is -2.49. The number of pyridine rings is 1. The van der Waals surface area contributed by atoms with E-state index < -0.39 is 9.71 Å². The predicted octanol–water partition coefficient (Wildman–Crippen LogP) is 3.03. The summed E-state index contributed by atoms with van der Waals surface area (Å²) in [5, 5.41) is 3.99. The molecule has 3 aromatic rings. The average Bonchev–Trinajstić information content (AvgIpc) is 3.02. The first kappa shape index (κ1) is 17.4. The van der Waals surface area contributed by atoms with Gasteiger partial charge in [0.25, 0.3) is 0 Å². The smallest absolute Gasteiger partial charge is 0.112 e. The van der Waals surface area contributed by atoms with Gasteiger partial charge in [0.05, 0.1) is 25.8 Å². The number of nitrogens with one attached hydrogen (secondary N) is 1. The summed E-state index contributed by atoms with van der Waals surface area (Å²) in [7, 11) is -2.77. The molecule has 26 heavy (non-hydrogen) atoms. The molecule has 2 atom stereocenters. The first-order valence-electron chi connectivity index (χ1n) is 8.54. The number of nitrogens with zero attached hydrogens (tertiary/aromatic N) is 3. The molecule has 1 aliphatic heterocycles. The zero-order valence-corrected chi connectivity index (χ0v) is 16.1. The summed E-state index contributed by atoms with van der Waals surface area (Å²) in [5.41, 5.74) is 2.65. The van der Waals surface area contributed by atoms with E-state index in [1.807, 2.05) is 18.3 Å². The Morgan fingerprint density at radius 2 is 2.19 bits per heavy atom. The van der Waals surface area contributed by atoms with Crippen molar-refractivity contribution in [1.82, 2.24) is 14.3 Å². The molecule has 2 aromatic heterocycles. The Hall–Kier alpha value is -2.02. The molecule has 1 N–H and O–H groups in total. The topological polar surface area (TPSA) is 50.2 Å². The minimum absolute atomic E-state index is 0.392. The van der Waals surface area contributed by atoms with E-state index in [0.717, 1.165) is 36.4 Å². The Morgan fingerprint density at radius 1 is 1.35 bits per heavy atom. The van der Waals surface area contributed by atoms with E-state index in [2.05, 4.69) is 28.0 Å². The molecule has 0 aliphatic carbocycles. The van der Waals surface area contributed by atoms with Crippen LogP contribution in [-0.4, -0.2) is 44.7 Å². The number of halogens is 1. The predicted molar refractivity (Wildman–Crippen MR) is 110 cm³/mol. The van der Waals surface area contributed by atoms with Crippen LogP contribution in [0.5, 0.6) is 0 Å². The molecule has 0 bridgehead atoms. The number of piperazine rings is 1. The number of hydrogen-bond donors (Lipinski definition) is 1. The maximum Gasteiger partial charge on any atom is 0.112 e. The van der Waals surface area contributed by atoms with Crippen molar-refractivity contribution in [2.24, 2.45) is 0 Å². The summed E-state index contributed by atoms with van der Waals surface area (Å²) in [5.74, 6) is 4.05.